The highest BCUT2D eigenvalue weighted by Crippen LogP contribution is 2.36. The van der Waals surface area contributed by atoms with Crippen molar-refractivity contribution in [3.8, 4) is 0 Å². The predicted molar refractivity (Wildman–Crippen MR) is 73.0 cm³/mol. The van der Waals surface area contributed by atoms with Crippen molar-refractivity contribution in [1.82, 2.24) is 4.90 Å². The molecule has 0 spiro atoms. The van der Waals surface area contributed by atoms with Crippen molar-refractivity contribution in [2.75, 3.05) is 19.6 Å². The lowest BCUT2D eigenvalue weighted by molar-refractivity contribution is 0.187. The van der Waals surface area contributed by atoms with Crippen molar-refractivity contribution < 1.29 is 0 Å². The zero-order valence-corrected chi connectivity index (χ0v) is 11.0. The second-order valence-electron chi connectivity index (χ2n) is 6.06. The van der Waals surface area contributed by atoms with E-state index in [4.69, 9.17) is 0 Å². The van der Waals surface area contributed by atoms with Gasteiger partial charge in [0.25, 0.3) is 0 Å². The van der Waals surface area contributed by atoms with Gasteiger partial charge in [-0.1, -0.05) is 29.7 Å². The summed E-state index contributed by atoms with van der Waals surface area (Å²) in [4.78, 5) is 2.72. The van der Waals surface area contributed by atoms with Crippen LogP contribution in [-0.2, 0) is 0 Å². The molecule has 17 heavy (non-hydrogen) atoms. The van der Waals surface area contributed by atoms with Gasteiger partial charge < -0.3 is 4.90 Å². The highest BCUT2D eigenvalue weighted by Gasteiger charge is 2.23. The van der Waals surface area contributed by atoms with E-state index < -0.39 is 0 Å². The first kappa shape index (κ1) is 11.5. The number of hydrogen-bond donors (Lipinski definition) is 0. The zero-order valence-electron chi connectivity index (χ0n) is 11.0. The summed E-state index contributed by atoms with van der Waals surface area (Å²) in [7, 11) is 0. The molecular weight excluding hydrogens is 206 g/mol. The monoisotopic (exact) mass is 231 g/mol. The van der Waals surface area contributed by atoms with Crippen molar-refractivity contribution in [1.29, 1.82) is 0 Å². The maximum absolute atomic E-state index is 2.72. The van der Waals surface area contributed by atoms with E-state index in [-0.39, 0.29) is 0 Å². The molecule has 1 aliphatic heterocycles. The number of nitrogens with zero attached hydrogens (tertiary/aromatic N) is 1. The number of allylic oxidation sites excluding steroid dienone is 4. The van der Waals surface area contributed by atoms with Crippen LogP contribution in [0, 0.1) is 5.92 Å². The van der Waals surface area contributed by atoms with Crippen LogP contribution in [0.5, 0.6) is 0 Å². The average molecular weight is 231 g/mol. The lowest BCUT2D eigenvalue weighted by Gasteiger charge is -2.34. The van der Waals surface area contributed by atoms with Crippen molar-refractivity contribution in [3.05, 3.63) is 23.3 Å². The Morgan fingerprint density at radius 3 is 2.59 bits per heavy atom. The fourth-order valence-electron chi connectivity index (χ4n) is 3.74. The first-order valence-corrected chi connectivity index (χ1v) is 7.49. The molecule has 3 rings (SSSR count). The summed E-state index contributed by atoms with van der Waals surface area (Å²) in [6, 6.07) is 0. The van der Waals surface area contributed by atoms with Gasteiger partial charge in [0.05, 0.1) is 0 Å². The Hall–Kier alpha value is -0.560. The molecule has 94 valence electrons. The summed E-state index contributed by atoms with van der Waals surface area (Å²) < 4.78 is 0. The van der Waals surface area contributed by atoms with Gasteiger partial charge >= 0.3 is 0 Å². The maximum Gasteiger partial charge on any atom is 0.00128 e. The molecule has 0 aromatic rings. The first-order chi connectivity index (χ1) is 8.42. The van der Waals surface area contributed by atoms with Gasteiger partial charge in [-0.25, -0.2) is 0 Å². The molecule has 0 aromatic carbocycles. The van der Waals surface area contributed by atoms with Crippen LogP contribution < -0.4 is 0 Å². The average Bonchev–Trinajstić information content (AvgIpc) is 2.40. The number of piperidine rings is 1. The predicted octanol–water partition coefficient (Wildman–Crippen LogP) is 3.92. The summed E-state index contributed by atoms with van der Waals surface area (Å²) in [6.45, 7) is 4.10. The van der Waals surface area contributed by atoms with Crippen LogP contribution >= 0.6 is 0 Å². The van der Waals surface area contributed by atoms with Crippen LogP contribution in [0.4, 0.5) is 0 Å². The molecule has 0 radical (unpaired) electrons. The third-order valence-electron chi connectivity index (χ3n) is 4.75. The highest BCUT2D eigenvalue weighted by atomic mass is 15.1. The van der Waals surface area contributed by atoms with Crippen molar-refractivity contribution >= 4 is 0 Å². The Labute approximate surface area is 106 Å². The minimum Gasteiger partial charge on any atom is -0.303 e. The lowest BCUT2D eigenvalue weighted by Crippen LogP contribution is -2.35. The first-order valence-electron chi connectivity index (χ1n) is 7.49. The molecule has 1 unspecified atom stereocenters. The molecule has 1 saturated heterocycles. The molecule has 3 aliphatic rings. The Morgan fingerprint density at radius 1 is 1.00 bits per heavy atom. The van der Waals surface area contributed by atoms with E-state index in [9.17, 15) is 0 Å². The molecule has 0 aromatic heterocycles. The fraction of sp³-hybridized carbons (Fsp3) is 0.750. The number of hydrogen-bond acceptors (Lipinski definition) is 1. The molecular formula is C16H25N. The molecule has 1 nitrogen and oxygen atoms in total. The smallest absolute Gasteiger partial charge is 0.00128 e. The molecule has 1 fully saturated rings. The van der Waals surface area contributed by atoms with E-state index in [1.165, 1.54) is 71.0 Å². The van der Waals surface area contributed by atoms with Crippen LogP contribution in [0.2, 0.25) is 0 Å². The third kappa shape index (κ3) is 2.82. The van der Waals surface area contributed by atoms with Gasteiger partial charge in [-0.3, -0.25) is 0 Å². The summed E-state index contributed by atoms with van der Waals surface area (Å²) in [5.74, 6) is 0.957. The number of rotatable bonds is 2. The second kappa shape index (κ2) is 5.39. The molecule has 1 atom stereocenters. The highest BCUT2D eigenvalue weighted by molar-refractivity contribution is 5.26. The summed E-state index contributed by atoms with van der Waals surface area (Å²) in [5, 5.41) is 0. The zero-order chi connectivity index (χ0) is 11.5. The molecule has 1 heteroatoms. The normalized spacial score (nSPS) is 30.5. The van der Waals surface area contributed by atoms with Gasteiger partial charge in [-0.05, 0) is 64.0 Å². The van der Waals surface area contributed by atoms with E-state index in [0.29, 0.717) is 0 Å². The topological polar surface area (TPSA) is 3.24 Å². The summed E-state index contributed by atoms with van der Waals surface area (Å²) in [5.41, 5.74) is 3.57. The van der Waals surface area contributed by atoms with Crippen LogP contribution in [0.15, 0.2) is 23.3 Å². The van der Waals surface area contributed by atoms with Crippen molar-refractivity contribution in [2.24, 2.45) is 5.92 Å². The minimum absolute atomic E-state index is 0.957. The SMILES string of the molecule is C1=CCC2=C(C1)CCC(CN1CCCCC1)C2. The molecule has 0 amide bonds. The van der Waals surface area contributed by atoms with Gasteiger partial charge in [0.1, 0.15) is 0 Å². The maximum atomic E-state index is 2.72. The van der Waals surface area contributed by atoms with E-state index in [1.807, 2.05) is 0 Å². The lowest BCUT2D eigenvalue weighted by atomic mass is 9.79. The molecule has 1 heterocycles. The standard InChI is InChI=1S/C16H25N/c1-4-10-17(11-5-1)13-14-8-9-15-6-2-3-7-16(15)12-14/h2-3,14H,1,4-13H2. The summed E-state index contributed by atoms with van der Waals surface area (Å²) in [6.07, 6.45) is 15.8. The van der Waals surface area contributed by atoms with E-state index >= 15 is 0 Å². The van der Waals surface area contributed by atoms with E-state index in [1.54, 1.807) is 11.1 Å². The third-order valence-corrected chi connectivity index (χ3v) is 4.75. The van der Waals surface area contributed by atoms with Gasteiger partial charge in [0, 0.05) is 6.54 Å². The Morgan fingerprint density at radius 2 is 1.76 bits per heavy atom. The van der Waals surface area contributed by atoms with Crippen LogP contribution in [0.1, 0.15) is 51.4 Å². The van der Waals surface area contributed by atoms with E-state index in [0.717, 1.165) is 5.92 Å². The second-order valence-corrected chi connectivity index (χ2v) is 6.06. The summed E-state index contributed by atoms with van der Waals surface area (Å²) >= 11 is 0. The van der Waals surface area contributed by atoms with Gasteiger partial charge in [0.15, 0.2) is 0 Å². The molecule has 2 aliphatic carbocycles. The largest absolute Gasteiger partial charge is 0.303 e. The van der Waals surface area contributed by atoms with E-state index in [2.05, 4.69) is 17.1 Å². The minimum atomic E-state index is 0.957. The van der Waals surface area contributed by atoms with Crippen LogP contribution in [0.3, 0.4) is 0 Å². The fourth-order valence-corrected chi connectivity index (χ4v) is 3.74. The Bertz CT molecular complexity index is 320. The van der Waals surface area contributed by atoms with Crippen molar-refractivity contribution in [3.63, 3.8) is 0 Å². The van der Waals surface area contributed by atoms with Gasteiger partial charge in [0.2, 0.25) is 0 Å². The molecule has 0 N–H and O–H groups in total. The Balaban J connectivity index is 1.54. The number of likely N-dealkylation sites (tertiary alicyclic amines) is 1. The van der Waals surface area contributed by atoms with Crippen LogP contribution in [0.25, 0.3) is 0 Å². The quantitative estimate of drug-likeness (QED) is 0.651. The molecule has 0 bridgehead atoms. The van der Waals surface area contributed by atoms with Gasteiger partial charge in [-0.2, -0.15) is 0 Å². The Kier molecular flexibility index (Phi) is 3.65. The van der Waals surface area contributed by atoms with Crippen LogP contribution in [-0.4, -0.2) is 24.5 Å². The van der Waals surface area contributed by atoms with Crippen molar-refractivity contribution in [2.45, 2.75) is 51.4 Å². The van der Waals surface area contributed by atoms with Gasteiger partial charge in [-0.15, -0.1) is 0 Å². The molecule has 0 saturated carbocycles.